The fraction of sp³-hybridized carbons (Fsp3) is 0.500. The van der Waals surface area contributed by atoms with E-state index in [4.69, 9.17) is 5.73 Å². The summed E-state index contributed by atoms with van der Waals surface area (Å²) in [4.78, 5) is 2.43. The molecular formula is C14H20N4. The van der Waals surface area contributed by atoms with Crippen LogP contribution in [0.15, 0.2) is 18.3 Å². The summed E-state index contributed by atoms with van der Waals surface area (Å²) < 4.78 is 0. The standard InChI is InChI=1S/C14H20N4/c1-9-4-3-5-18(10(9)2)14-7-13-11(6-12(14)15)8-16-17-13/h6-10H,3-5,15H2,1-2H3,(H,16,17). The van der Waals surface area contributed by atoms with E-state index in [2.05, 4.69) is 35.0 Å². The van der Waals surface area contributed by atoms with Gasteiger partial charge in [-0.3, -0.25) is 5.10 Å². The maximum absolute atomic E-state index is 6.20. The van der Waals surface area contributed by atoms with Crippen molar-refractivity contribution in [2.75, 3.05) is 17.2 Å². The van der Waals surface area contributed by atoms with Crippen LogP contribution in [0, 0.1) is 5.92 Å². The summed E-state index contributed by atoms with van der Waals surface area (Å²) in [5.41, 5.74) is 9.26. The second-order valence-electron chi connectivity index (χ2n) is 5.42. The molecule has 1 saturated heterocycles. The number of aromatic nitrogens is 2. The Hall–Kier alpha value is -1.71. The first kappa shape index (κ1) is 11.4. The molecule has 1 aliphatic rings. The number of hydrogen-bond donors (Lipinski definition) is 2. The number of benzene rings is 1. The van der Waals surface area contributed by atoms with Crippen molar-refractivity contribution in [2.45, 2.75) is 32.7 Å². The van der Waals surface area contributed by atoms with Gasteiger partial charge in [-0.05, 0) is 37.8 Å². The molecule has 1 aromatic heterocycles. The van der Waals surface area contributed by atoms with Gasteiger partial charge in [0.05, 0.1) is 23.1 Å². The van der Waals surface area contributed by atoms with Crippen LogP contribution in [0.4, 0.5) is 11.4 Å². The van der Waals surface area contributed by atoms with Gasteiger partial charge in [0.15, 0.2) is 0 Å². The molecule has 2 atom stereocenters. The molecule has 0 aliphatic carbocycles. The first-order valence-electron chi connectivity index (χ1n) is 6.66. The number of rotatable bonds is 1. The lowest BCUT2D eigenvalue weighted by molar-refractivity contribution is 0.364. The molecule has 1 aromatic carbocycles. The number of aromatic amines is 1. The van der Waals surface area contributed by atoms with Gasteiger partial charge in [0, 0.05) is 18.0 Å². The minimum Gasteiger partial charge on any atom is -0.397 e. The van der Waals surface area contributed by atoms with Gasteiger partial charge in [0.25, 0.3) is 0 Å². The molecule has 0 bridgehead atoms. The molecule has 96 valence electrons. The van der Waals surface area contributed by atoms with Crippen molar-refractivity contribution >= 4 is 22.3 Å². The van der Waals surface area contributed by atoms with Gasteiger partial charge in [0.1, 0.15) is 0 Å². The van der Waals surface area contributed by atoms with Gasteiger partial charge in [-0.15, -0.1) is 0 Å². The molecule has 1 fully saturated rings. The van der Waals surface area contributed by atoms with Crippen molar-refractivity contribution < 1.29 is 0 Å². The fourth-order valence-corrected chi connectivity index (χ4v) is 2.92. The SMILES string of the molecule is CC1CCCN(c2cc3[nH]ncc3cc2N)C1C. The van der Waals surface area contributed by atoms with Crippen molar-refractivity contribution in [3.63, 3.8) is 0 Å². The van der Waals surface area contributed by atoms with Gasteiger partial charge in [-0.1, -0.05) is 6.92 Å². The molecule has 3 rings (SSSR count). The number of hydrogen-bond acceptors (Lipinski definition) is 3. The third kappa shape index (κ3) is 1.72. The lowest BCUT2D eigenvalue weighted by Crippen LogP contribution is -2.42. The Morgan fingerprint density at radius 3 is 3.06 bits per heavy atom. The van der Waals surface area contributed by atoms with Crippen molar-refractivity contribution in [2.24, 2.45) is 5.92 Å². The van der Waals surface area contributed by atoms with Gasteiger partial charge in [0.2, 0.25) is 0 Å². The van der Waals surface area contributed by atoms with Crippen molar-refractivity contribution in [1.29, 1.82) is 0 Å². The molecule has 2 aromatic rings. The number of nitrogen functional groups attached to an aromatic ring is 1. The normalized spacial score (nSPS) is 24.7. The second-order valence-corrected chi connectivity index (χ2v) is 5.42. The third-order valence-electron chi connectivity index (χ3n) is 4.27. The highest BCUT2D eigenvalue weighted by atomic mass is 15.2. The predicted octanol–water partition coefficient (Wildman–Crippen LogP) is 2.77. The Bertz CT molecular complexity index is 560. The highest BCUT2D eigenvalue weighted by Crippen LogP contribution is 2.34. The molecule has 0 spiro atoms. The van der Waals surface area contributed by atoms with Crippen LogP contribution < -0.4 is 10.6 Å². The molecule has 4 nitrogen and oxygen atoms in total. The average Bonchev–Trinajstić information content (AvgIpc) is 2.79. The van der Waals surface area contributed by atoms with Gasteiger partial charge >= 0.3 is 0 Å². The van der Waals surface area contributed by atoms with Gasteiger partial charge in [-0.25, -0.2) is 0 Å². The number of nitrogens with one attached hydrogen (secondary N) is 1. The second kappa shape index (κ2) is 4.19. The Labute approximate surface area is 107 Å². The van der Waals surface area contributed by atoms with Crippen LogP contribution in [-0.2, 0) is 0 Å². The van der Waals surface area contributed by atoms with Crippen molar-refractivity contribution in [3.05, 3.63) is 18.3 Å². The molecule has 0 radical (unpaired) electrons. The number of anilines is 2. The van der Waals surface area contributed by atoms with E-state index < -0.39 is 0 Å². The Balaban J connectivity index is 2.04. The van der Waals surface area contributed by atoms with Crippen LogP contribution in [0.5, 0.6) is 0 Å². The van der Waals surface area contributed by atoms with E-state index in [9.17, 15) is 0 Å². The highest BCUT2D eigenvalue weighted by molar-refractivity contribution is 5.89. The van der Waals surface area contributed by atoms with E-state index >= 15 is 0 Å². The summed E-state index contributed by atoms with van der Waals surface area (Å²) in [6, 6.07) is 4.69. The van der Waals surface area contributed by atoms with E-state index in [1.165, 1.54) is 12.8 Å². The monoisotopic (exact) mass is 244 g/mol. The van der Waals surface area contributed by atoms with E-state index in [1.807, 2.05) is 12.3 Å². The maximum Gasteiger partial charge on any atom is 0.0672 e. The van der Waals surface area contributed by atoms with Crippen LogP contribution in [0.3, 0.4) is 0 Å². The molecule has 1 aliphatic heterocycles. The van der Waals surface area contributed by atoms with E-state index in [1.54, 1.807) is 0 Å². The third-order valence-corrected chi connectivity index (χ3v) is 4.27. The molecule has 2 unspecified atom stereocenters. The average molecular weight is 244 g/mol. The summed E-state index contributed by atoms with van der Waals surface area (Å²) in [6.45, 7) is 5.71. The Morgan fingerprint density at radius 1 is 1.39 bits per heavy atom. The largest absolute Gasteiger partial charge is 0.397 e. The topological polar surface area (TPSA) is 57.9 Å². The number of fused-ring (bicyclic) bond motifs is 1. The molecule has 2 heterocycles. The Kier molecular flexibility index (Phi) is 2.65. The zero-order chi connectivity index (χ0) is 12.7. The van der Waals surface area contributed by atoms with E-state index in [0.717, 1.165) is 34.7 Å². The number of H-pyrrole nitrogens is 1. The highest BCUT2D eigenvalue weighted by Gasteiger charge is 2.26. The van der Waals surface area contributed by atoms with Crippen LogP contribution in [0.2, 0.25) is 0 Å². The van der Waals surface area contributed by atoms with Gasteiger partial charge < -0.3 is 10.6 Å². The van der Waals surface area contributed by atoms with Crippen LogP contribution >= 0.6 is 0 Å². The van der Waals surface area contributed by atoms with E-state index in [0.29, 0.717) is 6.04 Å². The number of nitrogens with zero attached hydrogens (tertiary/aromatic N) is 2. The molecule has 0 saturated carbocycles. The smallest absolute Gasteiger partial charge is 0.0672 e. The lowest BCUT2D eigenvalue weighted by Gasteiger charge is -2.40. The minimum atomic E-state index is 0.543. The molecule has 0 amide bonds. The number of piperidine rings is 1. The fourth-order valence-electron chi connectivity index (χ4n) is 2.92. The summed E-state index contributed by atoms with van der Waals surface area (Å²) in [5.74, 6) is 0.718. The van der Waals surface area contributed by atoms with Crippen LogP contribution in [0.1, 0.15) is 26.7 Å². The molecule has 18 heavy (non-hydrogen) atoms. The minimum absolute atomic E-state index is 0.543. The van der Waals surface area contributed by atoms with Crippen LogP contribution in [0.25, 0.3) is 10.9 Å². The Morgan fingerprint density at radius 2 is 2.22 bits per heavy atom. The zero-order valence-corrected chi connectivity index (χ0v) is 11.0. The summed E-state index contributed by atoms with van der Waals surface area (Å²) >= 11 is 0. The molecule has 3 N–H and O–H groups in total. The lowest BCUT2D eigenvalue weighted by atomic mass is 9.91. The summed E-state index contributed by atoms with van der Waals surface area (Å²) in [7, 11) is 0. The summed E-state index contributed by atoms with van der Waals surface area (Å²) in [6.07, 6.45) is 4.37. The quantitative estimate of drug-likeness (QED) is 0.758. The predicted molar refractivity (Wildman–Crippen MR) is 75.7 cm³/mol. The molecular weight excluding hydrogens is 224 g/mol. The van der Waals surface area contributed by atoms with Crippen molar-refractivity contribution in [1.82, 2.24) is 10.2 Å². The number of nitrogens with two attached hydrogens (primary N) is 1. The summed E-state index contributed by atoms with van der Waals surface area (Å²) in [5, 5.41) is 8.16. The first-order chi connectivity index (χ1) is 8.66. The van der Waals surface area contributed by atoms with Crippen molar-refractivity contribution in [3.8, 4) is 0 Å². The zero-order valence-electron chi connectivity index (χ0n) is 11.0. The maximum atomic E-state index is 6.20. The first-order valence-corrected chi connectivity index (χ1v) is 6.66. The molecule has 4 heteroatoms. The van der Waals surface area contributed by atoms with Gasteiger partial charge in [-0.2, -0.15) is 5.10 Å². The van der Waals surface area contributed by atoms with E-state index in [-0.39, 0.29) is 0 Å². The van der Waals surface area contributed by atoms with Crippen LogP contribution in [-0.4, -0.2) is 22.8 Å².